The van der Waals surface area contributed by atoms with Gasteiger partial charge in [0.05, 0.1) is 0 Å². The minimum absolute atomic E-state index is 0.100. The zero-order valence-corrected chi connectivity index (χ0v) is 8.31. The Bertz CT molecular complexity index is 379. The van der Waals surface area contributed by atoms with E-state index < -0.39 is 5.97 Å². The number of ketones is 1. The van der Waals surface area contributed by atoms with E-state index in [9.17, 15) is 9.59 Å². The highest BCUT2D eigenvalue weighted by atomic mass is 16.4. The first-order chi connectivity index (χ1) is 6.43. The molecule has 1 rings (SSSR count). The molecule has 0 aliphatic heterocycles. The zero-order valence-electron chi connectivity index (χ0n) is 8.31. The van der Waals surface area contributed by atoms with E-state index in [0.717, 1.165) is 0 Å². The highest BCUT2D eigenvalue weighted by Gasteiger charge is 2.18. The molecular weight excluding hydrogens is 184 g/mol. The summed E-state index contributed by atoms with van der Waals surface area (Å²) in [6.07, 6.45) is 0. The van der Waals surface area contributed by atoms with Gasteiger partial charge in [-0.3, -0.25) is 9.48 Å². The van der Waals surface area contributed by atoms with Gasteiger partial charge < -0.3 is 5.11 Å². The molecule has 0 fully saturated rings. The fraction of sp³-hybridized carbons (Fsp3) is 0.444. The summed E-state index contributed by atoms with van der Waals surface area (Å²) >= 11 is 0. The minimum atomic E-state index is -1.12. The molecular formula is C9H12N2O3. The van der Waals surface area contributed by atoms with Crippen LogP contribution in [-0.2, 0) is 7.05 Å². The van der Waals surface area contributed by atoms with Gasteiger partial charge in [-0.2, -0.15) is 5.10 Å². The molecule has 1 aromatic rings. The van der Waals surface area contributed by atoms with Crippen LogP contribution in [0.15, 0.2) is 6.07 Å². The van der Waals surface area contributed by atoms with Crippen LogP contribution in [0, 0.1) is 5.92 Å². The number of hydrogen-bond acceptors (Lipinski definition) is 3. The molecule has 1 aromatic heterocycles. The van der Waals surface area contributed by atoms with E-state index in [1.807, 2.05) is 0 Å². The van der Waals surface area contributed by atoms with Crippen LogP contribution in [0.5, 0.6) is 0 Å². The van der Waals surface area contributed by atoms with Crippen molar-refractivity contribution in [1.82, 2.24) is 9.78 Å². The lowest BCUT2D eigenvalue weighted by Gasteiger charge is -2.02. The van der Waals surface area contributed by atoms with Crippen LogP contribution in [0.3, 0.4) is 0 Å². The van der Waals surface area contributed by atoms with Gasteiger partial charge in [-0.15, -0.1) is 0 Å². The summed E-state index contributed by atoms with van der Waals surface area (Å²) < 4.78 is 1.30. The van der Waals surface area contributed by atoms with Crippen LogP contribution < -0.4 is 0 Å². The number of aromatic nitrogens is 2. The zero-order chi connectivity index (χ0) is 10.9. The lowest BCUT2D eigenvalue weighted by Crippen LogP contribution is -2.12. The Morgan fingerprint density at radius 2 is 2.07 bits per heavy atom. The monoisotopic (exact) mass is 196 g/mol. The lowest BCUT2D eigenvalue weighted by atomic mass is 10.1. The van der Waals surface area contributed by atoms with Gasteiger partial charge in [0.25, 0.3) is 0 Å². The van der Waals surface area contributed by atoms with Crippen LogP contribution in [0.1, 0.15) is 34.8 Å². The van der Waals surface area contributed by atoms with Crippen molar-refractivity contribution in [2.45, 2.75) is 13.8 Å². The van der Waals surface area contributed by atoms with Crippen molar-refractivity contribution < 1.29 is 14.7 Å². The predicted octanol–water partition coefficient (Wildman–Crippen LogP) is 0.957. The van der Waals surface area contributed by atoms with Crippen LogP contribution in [0.4, 0.5) is 0 Å². The summed E-state index contributed by atoms with van der Waals surface area (Å²) in [6.45, 7) is 3.52. The van der Waals surface area contributed by atoms with Crippen molar-refractivity contribution in [2.75, 3.05) is 0 Å². The highest BCUT2D eigenvalue weighted by Crippen LogP contribution is 2.09. The van der Waals surface area contributed by atoms with Crippen molar-refractivity contribution in [1.29, 1.82) is 0 Å². The van der Waals surface area contributed by atoms with Crippen molar-refractivity contribution in [3.05, 3.63) is 17.5 Å². The molecule has 0 aliphatic carbocycles. The summed E-state index contributed by atoms with van der Waals surface area (Å²) in [6, 6.07) is 1.30. The van der Waals surface area contributed by atoms with E-state index in [4.69, 9.17) is 5.11 Å². The smallest absolute Gasteiger partial charge is 0.356 e. The molecule has 0 saturated heterocycles. The number of nitrogens with zero attached hydrogens (tertiary/aromatic N) is 2. The first kappa shape index (κ1) is 10.4. The highest BCUT2D eigenvalue weighted by molar-refractivity contribution is 5.98. The Balaban J connectivity index is 3.11. The number of carboxylic acid groups (broad SMARTS) is 1. The standard InChI is InChI=1S/C9H12N2O3/c1-5(2)8(12)7-4-6(9(13)14)10-11(7)3/h4-5H,1-3H3,(H,13,14). The van der Waals surface area contributed by atoms with Crippen molar-refractivity contribution >= 4 is 11.8 Å². The molecule has 0 radical (unpaired) electrons. The van der Waals surface area contributed by atoms with Gasteiger partial charge in [-0.25, -0.2) is 4.79 Å². The number of carboxylic acids is 1. The van der Waals surface area contributed by atoms with E-state index in [2.05, 4.69) is 5.10 Å². The van der Waals surface area contributed by atoms with Crippen LogP contribution in [-0.4, -0.2) is 26.6 Å². The summed E-state index contributed by atoms with van der Waals surface area (Å²) in [5, 5.41) is 12.4. The van der Waals surface area contributed by atoms with Gasteiger partial charge >= 0.3 is 5.97 Å². The molecule has 1 N–H and O–H groups in total. The second-order valence-corrected chi connectivity index (χ2v) is 3.36. The molecule has 0 aromatic carbocycles. The second kappa shape index (κ2) is 3.61. The van der Waals surface area contributed by atoms with E-state index in [1.54, 1.807) is 20.9 Å². The maximum atomic E-state index is 11.5. The van der Waals surface area contributed by atoms with E-state index in [-0.39, 0.29) is 17.4 Å². The number of carbonyl (C=O) groups is 2. The SMILES string of the molecule is CC(C)C(=O)c1cc(C(=O)O)nn1C. The number of Topliss-reactive ketones (excluding diaryl/α,β-unsaturated/α-hetero) is 1. The molecule has 0 amide bonds. The molecule has 76 valence electrons. The third-order valence-electron chi connectivity index (χ3n) is 1.88. The molecule has 5 heteroatoms. The van der Waals surface area contributed by atoms with Gasteiger partial charge in [0.15, 0.2) is 11.5 Å². The lowest BCUT2D eigenvalue weighted by molar-refractivity contribution is 0.0689. The summed E-state index contributed by atoms with van der Waals surface area (Å²) in [5.74, 6) is -1.39. The maximum absolute atomic E-state index is 11.5. The maximum Gasteiger partial charge on any atom is 0.356 e. The van der Waals surface area contributed by atoms with Gasteiger partial charge in [0.2, 0.25) is 0 Å². The molecule has 0 bridgehead atoms. The number of hydrogen-bond donors (Lipinski definition) is 1. The molecule has 0 saturated carbocycles. The van der Waals surface area contributed by atoms with Gasteiger partial charge in [-0.05, 0) is 0 Å². The third kappa shape index (κ3) is 1.81. The summed E-state index contributed by atoms with van der Waals surface area (Å²) in [7, 11) is 1.56. The van der Waals surface area contributed by atoms with Gasteiger partial charge in [0, 0.05) is 19.0 Å². The first-order valence-electron chi connectivity index (χ1n) is 4.25. The quantitative estimate of drug-likeness (QED) is 0.731. The van der Waals surface area contributed by atoms with Crippen molar-refractivity contribution in [3.63, 3.8) is 0 Å². The normalized spacial score (nSPS) is 10.6. The van der Waals surface area contributed by atoms with E-state index in [0.29, 0.717) is 5.69 Å². The fourth-order valence-corrected chi connectivity index (χ4v) is 1.10. The first-order valence-corrected chi connectivity index (χ1v) is 4.25. The Morgan fingerprint density at radius 1 is 1.50 bits per heavy atom. The molecule has 0 aliphatic rings. The van der Waals surface area contributed by atoms with Crippen molar-refractivity contribution in [3.8, 4) is 0 Å². The Hall–Kier alpha value is -1.65. The average molecular weight is 196 g/mol. The third-order valence-corrected chi connectivity index (χ3v) is 1.88. The average Bonchev–Trinajstić information content (AvgIpc) is 2.46. The largest absolute Gasteiger partial charge is 0.476 e. The summed E-state index contributed by atoms with van der Waals surface area (Å²) in [5.41, 5.74) is 0.230. The predicted molar refractivity (Wildman–Crippen MR) is 49.3 cm³/mol. The van der Waals surface area contributed by atoms with E-state index >= 15 is 0 Å². The van der Waals surface area contributed by atoms with Crippen LogP contribution >= 0.6 is 0 Å². The van der Waals surface area contributed by atoms with Gasteiger partial charge in [0.1, 0.15) is 5.69 Å². The topological polar surface area (TPSA) is 72.2 Å². The second-order valence-electron chi connectivity index (χ2n) is 3.36. The Labute approximate surface area is 81.3 Å². The Kier molecular flexibility index (Phi) is 2.69. The van der Waals surface area contributed by atoms with Gasteiger partial charge in [-0.1, -0.05) is 13.8 Å². The summed E-state index contributed by atoms with van der Waals surface area (Å²) in [4.78, 5) is 22.1. The van der Waals surface area contributed by atoms with Crippen molar-refractivity contribution in [2.24, 2.45) is 13.0 Å². The molecule has 14 heavy (non-hydrogen) atoms. The van der Waals surface area contributed by atoms with Crippen LogP contribution in [0.2, 0.25) is 0 Å². The number of carbonyl (C=O) groups excluding carboxylic acids is 1. The molecule has 5 nitrogen and oxygen atoms in total. The van der Waals surface area contributed by atoms with Crippen LogP contribution in [0.25, 0.3) is 0 Å². The van der Waals surface area contributed by atoms with E-state index in [1.165, 1.54) is 10.7 Å². The number of aromatic carboxylic acids is 1. The fourth-order valence-electron chi connectivity index (χ4n) is 1.10. The number of rotatable bonds is 3. The Morgan fingerprint density at radius 3 is 2.43 bits per heavy atom. The molecule has 0 spiro atoms. The minimum Gasteiger partial charge on any atom is -0.476 e. The number of aryl methyl sites for hydroxylation is 1. The molecule has 0 atom stereocenters. The molecule has 1 heterocycles. The molecule has 0 unspecified atom stereocenters.